The summed E-state index contributed by atoms with van der Waals surface area (Å²) >= 11 is 0. The van der Waals surface area contributed by atoms with Gasteiger partial charge < -0.3 is 14.4 Å². The van der Waals surface area contributed by atoms with Crippen molar-refractivity contribution >= 4 is 5.91 Å². The fourth-order valence-corrected chi connectivity index (χ4v) is 3.52. The van der Waals surface area contributed by atoms with Crippen LogP contribution < -0.4 is 4.74 Å². The fraction of sp³-hybridized carbons (Fsp3) is 0.458. The molecule has 0 fully saturated rings. The van der Waals surface area contributed by atoms with Crippen molar-refractivity contribution in [3.05, 3.63) is 64.7 Å². The van der Waals surface area contributed by atoms with Crippen molar-refractivity contribution < 1.29 is 14.3 Å². The van der Waals surface area contributed by atoms with Crippen LogP contribution in [0.15, 0.2) is 42.5 Å². The van der Waals surface area contributed by atoms with Crippen molar-refractivity contribution in [2.24, 2.45) is 5.92 Å². The number of hydrogen-bond donors (Lipinski definition) is 0. The second-order valence-electron chi connectivity index (χ2n) is 7.98. The molecule has 0 saturated carbocycles. The second kappa shape index (κ2) is 9.74. The van der Waals surface area contributed by atoms with Crippen LogP contribution in [-0.2, 0) is 22.5 Å². The van der Waals surface area contributed by atoms with Crippen molar-refractivity contribution in [2.75, 3.05) is 26.4 Å². The lowest BCUT2D eigenvalue weighted by atomic mass is 10.00. The van der Waals surface area contributed by atoms with Gasteiger partial charge in [0, 0.05) is 25.9 Å². The molecule has 2 aromatic carbocycles. The van der Waals surface area contributed by atoms with E-state index in [0.717, 1.165) is 17.7 Å². The van der Waals surface area contributed by atoms with Gasteiger partial charge in [-0.2, -0.15) is 0 Å². The van der Waals surface area contributed by atoms with Gasteiger partial charge >= 0.3 is 0 Å². The zero-order chi connectivity index (χ0) is 19.9. The van der Waals surface area contributed by atoms with Crippen molar-refractivity contribution in [3.63, 3.8) is 0 Å². The maximum Gasteiger partial charge on any atom is 0.223 e. The number of nitrogens with zero attached hydrogens (tertiary/aromatic N) is 1. The first-order valence-corrected chi connectivity index (χ1v) is 10.2. The van der Waals surface area contributed by atoms with Gasteiger partial charge in [-0.25, -0.2) is 0 Å². The molecule has 4 nitrogen and oxygen atoms in total. The van der Waals surface area contributed by atoms with Crippen LogP contribution in [0.5, 0.6) is 5.75 Å². The molecule has 150 valence electrons. The van der Waals surface area contributed by atoms with Gasteiger partial charge in [0.2, 0.25) is 5.91 Å². The van der Waals surface area contributed by atoms with Crippen molar-refractivity contribution in [1.82, 2.24) is 4.90 Å². The smallest absolute Gasteiger partial charge is 0.223 e. The van der Waals surface area contributed by atoms with Crippen LogP contribution in [-0.4, -0.2) is 37.2 Å². The summed E-state index contributed by atoms with van der Waals surface area (Å²) in [5.74, 6) is 1.46. The summed E-state index contributed by atoms with van der Waals surface area (Å²) in [6.45, 7) is 9.04. The van der Waals surface area contributed by atoms with E-state index in [2.05, 4.69) is 57.2 Å². The van der Waals surface area contributed by atoms with Gasteiger partial charge in [-0.1, -0.05) is 55.8 Å². The highest BCUT2D eigenvalue weighted by Gasteiger charge is 2.16. The minimum absolute atomic E-state index is 0.188. The van der Waals surface area contributed by atoms with Crippen molar-refractivity contribution in [3.8, 4) is 5.75 Å². The molecule has 1 aliphatic rings. The number of carbonyl (C=O) groups excluding carboxylic acids is 1. The van der Waals surface area contributed by atoms with Gasteiger partial charge in [0.1, 0.15) is 12.4 Å². The van der Waals surface area contributed by atoms with Crippen LogP contribution in [0.2, 0.25) is 0 Å². The number of fused-ring (bicyclic) bond motifs is 3. The highest BCUT2D eigenvalue weighted by molar-refractivity contribution is 5.76. The van der Waals surface area contributed by atoms with E-state index in [0.29, 0.717) is 45.2 Å². The van der Waals surface area contributed by atoms with Gasteiger partial charge in [-0.15, -0.1) is 0 Å². The van der Waals surface area contributed by atoms with E-state index >= 15 is 0 Å². The summed E-state index contributed by atoms with van der Waals surface area (Å²) in [4.78, 5) is 14.6. The van der Waals surface area contributed by atoms with E-state index in [-0.39, 0.29) is 5.91 Å². The van der Waals surface area contributed by atoms with Crippen molar-refractivity contribution in [1.29, 1.82) is 0 Å². The molecule has 4 heteroatoms. The lowest BCUT2D eigenvalue weighted by Crippen LogP contribution is -2.34. The quantitative estimate of drug-likeness (QED) is 0.775. The molecule has 28 heavy (non-hydrogen) atoms. The van der Waals surface area contributed by atoms with E-state index in [4.69, 9.17) is 9.47 Å². The van der Waals surface area contributed by atoms with Crippen LogP contribution in [0.1, 0.15) is 42.5 Å². The Labute approximate surface area is 168 Å². The number of hydrogen-bond acceptors (Lipinski definition) is 3. The number of ether oxygens (including phenoxy) is 2. The minimum Gasteiger partial charge on any atom is -0.491 e. The number of carbonyl (C=O) groups is 1. The van der Waals surface area contributed by atoms with E-state index < -0.39 is 0 Å². The summed E-state index contributed by atoms with van der Waals surface area (Å²) in [5, 5.41) is 0. The Kier molecular flexibility index (Phi) is 7.10. The van der Waals surface area contributed by atoms with Crippen LogP contribution in [0.4, 0.5) is 0 Å². The lowest BCUT2D eigenvalue weighted by molar-refractivity contribution is -0.133. The first-order valence-electron chi connectivity index (χ1n) is 10.2. The van der Waals surface area contributed by atoms with Gasteiger partial charge in [0.25, 0.3) is 0 Å². The number of amides is 1. The highest BCUT2D eigenvalue weighted by atomic mass is 16.5. The molecule has 0 spiro atoms. The first-order chi connectivity index (χ1) is 13.5. The Morgan fingerprint density at radius 2 is 1.89 bits per heavy atom. The molecule has 0 aromatic heterocycles. The third kappa shape index (κ3) is 5.83. The first kappa shape index (κ1) is 20.4. The lowest BCUT2D eigenvalue weighted by Gasteiger charge is -2.24. The van der Waals surface area contributed by atoms with Gasteiger partial charge in [0.15, 0.2) is 0 Å². The molecular formula is C24H31NO3. The standard InChI is InChI=1S/C24H31NO3/c1-18(2)13-24(26)25-9-10-27-11-12-28-23-8-7-19(3)14-22(23)16-20-5-4-6-21(15-20)17-25/h4-8,14-15,18H,9-13,16-17H2,1-3H3. The maximum absolute atomic E-state index is 12.7. The van der Waals surface area contributed by atoms with Crippen LogP contribution in [0.3, 0.4) is 0 Å². The Morgan fingerprint density at radius 3 is 2.71 bits per heavy atom. The third-order valence-electron chi connectivity index (χ3n) is 4.90. The average molecular weight is 382 g/mol. The molecule has 0 unspecified atom stereocenters. The average Bonchev–Trinajstić information content (AvgIpc) is 2.64. The molecule has 1 heterocycles. The van der Waals surface area contributed by atoms with Crippen LogP contribution in [0, 0.1) is 12.8 Å². The molecule has 1 amide bonds. The maximum atomic E-state index is 12.7. The fourth-order valence-electron chi connectivity index (χ4n) is 3.52. The SMILES string of the molecule is Cc1ccc2c(c1)Cc1cccc(c1)CN(C(=O)CC(C)C)CCOCCO2. The highest BCUT2D eigenvalue weighted by Crippen LogP contribution is 2.24. The second-order valence-corrected chi connectivity index (χ2v) is 7.98. The molecule has 2 bridgehead atoms. The monoisotopic (exact) mass is 381 g/mol. The van der Waals surface area contributed by atoms with Crippen molar-refractivity contribution in [2.45, 2.75) is 40.2 Å². The zero-order valence-electron chi connectivity index (χ0n) is 17.2. The Balaban J connectivity index is 1.86. The number of aryl methyl sites for hydroxylation is 1. The normalized spacial score (nSPS) is 15.5. The minimum atomic E-state index is 0.188. The summed E-state index contributed by atoms with van der Waals surface area (Å²) in [5.41, 5.74) is 4.79. The molecule has 0 N–H and O–H groups in total. The summed E-state index contributed by atoms with van der Waals surface area (Å²) in [6, 6.07) is 14.8. The van der Waals surface area contributed by atoms with Crippen LogP contribution in [0.25, 0.3) is 0 Å². The van der Waals surface area contributed by atoms with E-state index in [1.807, 2.05) is 11.0 Å². The molecule has 0 aliphatic carbocycles. The molecule has 0 saturated heterocycles. The number of benzene rings is 2. The summed E-state index contributed by atoms with van der Waals surface area (Å²) in [7, 11) is 0. The third-order valence-corrected chi connectivity index (χ3v) is 4.90. The van der Waals surface area contributed by atoms with E-state index in [1.165, 1.54) is 16.7 Å². The topological polar surface area (TPSA) is 38.8 Å². The summed E-state index contributed by atoms with van der Waals surface area (Å²) in [6.07, 6.45) is 1.38. The van der Waals surface area contributed by atoms with E-state index in [9.17, 15) is 4.79 Å². The predicted octanol–water partition coefficient (Wildman–Crippen LogP) is 4.37. The molecular weight excluding hydrogens is 350 g/mol. The predicted molar refractivity (Wildman–Crippen MR) is 112 cm³/mol. The van der Waals surface area contributed by atoms with Gasteiger partial charge in [0.05, 0.1) is 13.2 Å². The molecule has 3 rings (SSSR count). The molecule has 2 aromatic rings. The molecule has 1 aliphatic heterocycles. The summed E-state index contributed by atoms with van der Waals surface area (Å²) < 4.78 is 11.7. The Hall–Kier alpha value is -2.33. The van der Waals surface area contributed by atoms with Gasteiger partial charge in [-0.05, 0) is 35.6 Å². The Bertz CT molecular complexity index is 800. The number of rotatable bonds is 2. The zero-order valence-corrected chi connectivity index (χ0v) is 17.2. The van der Waals surface area contributed by atoms with E-state index in [1.54, 1.807) is 0 Å². The molecule has 0 radical (unpaired) electrons. The largest absolute Gasteiger partial charge is 0.491 e. The molecule has 0 atom stereocenters. The Morgan fingerprint density at radius 1 is 1.07 bits per heavy atom. The van der Waals surface area contributed by atoms with Crippen LogP contribution >= 0.6 is 0 Å². The van der Waals surface area contributed by atoms with Gasteiger partial charge in [-0.3, -0.25) is 4.79 Å².